The van der Waals surface area contributed by atoms with Crippen LogP contribution in [0, 0.1) is 29.3 Å². The molecule has 4 rings (SSSR count). The minimum atomic E-state index is -5.07. The SMILES string of the molecule is CCCCCCC1CCC(CCC2=Cc3cc(F)c(-c4ccc(OC(F)(F)F)c(F)c4)c(F)c3CC2)CC1. The first kappa shape index (κ1) is 28.6. The lowest BCUT2D eigenvalue weighted by atomic mass is 9.77. The molecule has 1 fully saturated rings. The molecule has 7 heteroatoms. The molecule has 0 spiro atoms. The third-order valence-corrected chi connectivity index (χ3v) is 8.16. The first-order chi connectivity index (χ1) is 18.1. The summed E-state index contributed by atoms with van der Waals surface area (Å²) in [6.45, 7) is 2.24. The monoisotopic (exact) mass is 538 g/mol. The highest BCUT2D eigenvalue weighted by molar-refractivity contribution is 5.71. The molecule has 0 N–H and O–H groups in total. The van der Waals surface area contributed by atoms with E-state index in [1.54, 1.807) is 0 Å². The molecule has 208 valence electrons. The number of alkyl halides is 3. The van der Waals surface area contributed by atoms with Crippen LogP contribution in [0.3, 0.4) is 0 Å². The van der Waals surface area contributed by atoms with Gasteiger partial charge in [-0.3, -0.25) is 0 Å². The fourth-order valence-corrected chi connectivity index (χ4v) is 6.02. The zero-order chi connectivity index (χ0) is 27.3. The molecule has 1 nitrogen and oxygen atoms in total. The van der Waals surface area contributed by atoms with Crippen LogP contribution in [0.5, 0.6) is 5.75 Å². The number of benzene rings is 2. The van der Waals surface area contributed by atoms with Crippen molar-refractivity contribution < 1.29 is 31.1 Å². The second-order valence-corrected chi connectivity index (χ2v) is 10.9. The number of fused-ring (bicyclic) bond motifs is 1. The number of rotatable bonds is 10. The van der Waals surface area contributed by atoms with Gasteiger partial charge in [-0.05, 0) is 72.4 Å². The van der Waals surface area contributed by atoms with Crippen molar-refractivity contribution in [2.45, 2.75) is 96.8 Å². The standard InChI is InChI=1S/C31H36F6O/c1-2-3-4-5-6-20-7-9-21(10-8-20)11-12-22-13-15-25-24(17-22)19-27(33)29(30(25)34)23-14-16-28(26(32)18-23)38-31(35,36)37/h14,16-21H,2-13,15H2,1H3. The molecule has 38 heavy (non-hydrogen) atoms. The Balaban J connectivity index is 1.38. The van der Waals surface area contributed by atoms with Crippen LogP contribution in [-0.4, -0.2) is 6.36 Å². The summed E-state index contributed by atoms with van der Waals surface area (Å²) in [4.78, 5) is 0. The molecule has 0 atom stereocenters. The molecular weight excluding hydrogens is 502 g/mol. The highest BCUT2D eigenvalue weighted by Crippen LogP contribution is 2.39. The number of hydrogen-bond donors (Lipinski definition) is 0. The highest BCUT2D eigenvalue weighted by atomic mass is 19.4. The third kappa shape index (κ3) is 7.35. The molecular formula is C31H36F6O. The van der Waals surface area contributed by atoms with Crippen LogP contribution >= 0.6 is 0 Å². The first-order valence-corrected chi connectivity index (χ1v) is 13.9. The van der Waals surface area contributed by atoms with E-state index < -0.39 is 35.1 Å². The van der Waals surface area contributed by atoms with Gasteiger partial charge in [-0.2, -0.15) is 0 Å². The van der Waals surface area contributed by atoms with Gasteiger partial charge in [-0.15, -0.1) is 13.2 Å². The van der Waals surface area contributed by atoms with Crippen LogP contribution in [0.1, 0.15) is 95.1 Å². The summed E-state index contributed by atoms with van der Waals surface area (Å²) in [6, 6.07) is 3.67. The van der Waals surface area contributed by atoms with E-state index in [1.807, 2.05) is 6.08 Å². The van der Waals surface area contributed by atoms with Crippen LogP contribution in [0.15, 0.2) is 29.8 Å². The van der Waals surface area contributed by atoms with Crippen molar-refractivity contribution in [3.05, 3.63) is 58.4 Å². The molecule has 0 amide bonds. The summed E-state index contributed by atoms with van der Waals surface area (Å²) in [5.41, 5.74) is 1.41. The van der Waals surface area contributed by atoms with E-state index in [9.17, 15) is 22.0 Å². The predicted octanol–water partition coefficient (Wildman–Crippen LogP) is 10.6. The molecule has 0 aliphatic heterocycles. The molecule has 2 aliphatic carbocycles. The lowest BCUT2D eigenvalue weighted by Gasteiger charge is -2.29. The van der Waals surface area contributed by atoms with Crippen molar-refractivity contribution in [1.82, 2.24) is 0 Å². The minimum Gasteiger partial charge on any atom is -0.403 e. The van der Waals surface area contributed by atoms with Gasteiger partial charge in [-0.1, -0.05) is 82.4 Å². The third-order valence-electron chi connectivity index (χ3n) is 8.16. The lowest BCUT2D eigenvalue weighted by Crippen LogP contribution is -2.18. The van der Waals surface area contributed by atoms with Crippen LogP contribution in [0.2, 0.25) is 0 Å². The first-order valence-electron chi connectivity index (χ1n) is 13.9. The van der Waals surface area contributed by atoms with Crippen molar-refractivity contribution >= 4 is 6.08 Å². The molecule has 0 radical (unpaired) electrons. The van der Waals surface area contributed by atoms with Crippen molar-refractivity contribution in [1.29, 1.82) is 0 Å². The second kappa shape index (κ2) is 12.6. The fraction of sp³-hybridized carbons (Fsp3) is 0.548. The Morgan fingerprint density at radius 1 is 0.842 bits per heavy atom. The summed E-state index contributed by atoms with van der Waals surface area (Å²) in [6.07, 6.45) is 11.7. The zero-order valence-electron chi connectivity index (χ0n) is 21.9. The molecule has 0 aromatic heterocycles. The molecule has 0 bridgehead atoms. The molecule has 1 saturated carbocycles. The van der Waals surface area contributed by atoms with Gasteiger partial charge in [0, 0.05) is 0 Å². The predicted molar refractivity (Wildman–Crippen MR) is 138 cm³/mol. The van der Waals surface area contributed by atoms with Crippen molar-refractivity contribution in [2.24, 2.45) is 11.8 Å². The van der Waals surface area contributed by atoms with Crippen LogP contribution in [0.4, 0.5) is 26.3 Å². The van der Waals surface area contributed by atoms with Crippen molar-refractivity contribution in [3.63, 3.8) is 0 Å². The fourth-order valence-electron chi connectivity index (χ4n) is 6.02. The molecule has 2 aromatic rings. The van der Waals surface area contributed by atoms with Gasteiger partial charge in [0.25, 0.3) is 0 Å². The average molecular weight is 539 g/mol. The largest absolute Gasteiger partial charge is 0.573 e. The topological polar surface area (TPSA) is 9.23 Å². The van der Waals surface area contributed by atoms with E-state index in [0.29, 0.717) is 36.0 Å². The highest BCUT2D eigenvalue weighted by Gasteiger charge is 2.33. The number of ether oxygens (including phenoxy) is 1. The summed E-state index contributed by atoms with van der Waals surface area (Å²) < 4.78 is 85.4. The van der Waals surface area contributed by atoms with Gasteiger partial charge in [0.2, 0.25) is 0 Å². The van der Waals surface area contributed by atoms with Gasteiger partial charge >= 0.3 is 6.36 Å². The number of halogens is 6. The van der Waals surface area contributed by atoms with Gasteiger partial charge in [0.1, 0.15) is 11.6 Å². The van der Waals surface area contributed by atoms with Crippen LogP contribution in [-0.2, 0) is 6.42 Å². The van der Waals surface area contributed by atoms with Gasteiger partial charge < -0.3 is 4.74 Å². The summed E-state index contributed by atoms with van der Waals surface area (Å²) in [5, 5.41) is 0. The zero-order valence-corrected chi connectivity index (χ0v) is 21.9. The molecule has 0 heterocycles. The van der Waals surface area contributed by atoms with Gasteiger partial charge in [-0.25, -0.2) is 13.2 Å². The second-order valence-electron chi connectivity index (χ2n) is 10.9. The van der Waals surface area contributed by atoms with E-state index in [1.165, 1.54) is 69.4 Å². The van der Waals surface area contributed by atoms with E-state index >= 15 is 4.39 Å². The maximum Gasteiger partial charge on any atom is 0.573 e. The van der Waals surface area contributed by atoms with Gasteiger partial charge in [0.05, 0.1) is 5.56 Å². The number of allylic oxidation sites excluding steroid dienone is 1. The summed E-state index contributed by atoms with van der Waals surface area (Å²) in [5.74, 6) is -2.49. The van der Waals surface area contributed by atoms with Crippen molar-refractivity contribution in [3.8, 4) is 16.9 Å². The number of hydrogen-bond acceptors (Lipinski definition) is 1. The molecule has 2 aliphatic rings. The van der Waals surface area contributed by atoms with Crippen molar-refractivity contribution in [2.75, 3.05) is 0 Å². The summed E-state index contributed by atoms with van der Waals surface area (Å²) in [7, 11) is 0. The lowest BCUT2D eigenvalue weighted by molar-refractivity contribution is -0.275. The maximum absolute atomic E-state index is 15.4. The Bertz CT molecular complexity index is 1130. The maximum atomic E-state index is 15.4. The van der Waals surface area contributed by atoms with E-state index in [4.69, 9.17) is 0 Å². The Labute approximate surface area is 221 Å². The molecule has 2 aromatic carbocycles. The summed E-state index contributed by atoms with van der Waals surface area (Å²) >= 11 is 0. The van der Waals surface area contributed by atoms with Crippen LogP contribution < -0.4 is 4.74 Å². The van der Waals surface area contributed by atoms with E-state index in [-0.39, 0.29) is 5.56 Å². The Hall–Kier alpha value is -2.44. The van der Waals surface area contributed by atoms with E-state index in [0.717, 1.165) is 30.9 Å². The molecule has 0 saturated heterocycles. The Kier molecular flexibility index (Phi) is 9.48. The van der Waals surface area contributed by atoms with Gasteiger partial charge in [0.15, 0.2) is 11.6 Å². The Morgan fingerprint density at radius 3 is 2.21 bits per heavy atom. The molecule has 0 unspecified atom stereocenters. The number of unbranched alkanes of at least 4 members (excludes halogenated alkanes) is 3. The Morgan fingerprint density at radius 2 is 1.55 bits per heavy atom. The normalized spacial score (nSPS) is 19.7. The smallest absolute Gasteiger partial charge is 0.403 e. The minimum absolute atomic E-state index is 0.175. The average Bonchev–Trinajstić information content (AvgIpc) is 2.87. The van der Waals surface area contributed by atoms with E-state index in [2.05, 4.69) is 11.7 Å². The van der Waals surface area contributed by atoms with Crippen LogP contribution in [0.25, 0.3) is 17.2 Å². The quantitative estimate of drug-likeness (QED) is 0.216.